The highest BCUT2D eigenvalue weighted by atomic mass is 35.5. The molecule has 0 aliphatic carbocycles. The molecule has 0 aromatic heterocycles. The fourth-order valence-electron chi connectivity index (χ4n) is 2.55. The summed E-state index contributed by atoms with van der Waals surface area (Å²) in [6.07, 6.45) is 1.04. The molecule has 0 bridgehead atoms. The highest BCUT2D eigenvalue weighted by Crippen LogP contribution is 2.19. The molecule has 134 valence electrons. The van der Waals surface area contributed by atoms with Crippen LogP contribution in [0.4, 0.5) is 0 Å². The summed E-state index contributed by atoms with van der Waals surface area (Å²) < 4.78 is 31.9. The van der Waals surface area contributed by atoms with E-state index >= 15 is 0 Å². The maximum Gasteiger partial charge on any atom is 0.243 e. The molecule has 0 amide bonds. The van der Waals surface area contributed by atoms with Crippen molar-refractivity contribution in [3.05, 3.63) is 41.9 Å². The molecular formula is C16H23ClN2O4S. The Labute approximate surface area is 148 Å². The number of piperazine rings is 1. The van der Waals surface area contributed by atoms with E-state index in [1.807, 2.05) is 4.90 Å². The first-order valence-electron chi connectivity index (χ1n) is 7.78. The van der Waals surface area contributed by atoms with Gasteiger partial charge in [0.15, 0.2) is 0 Å². The molecule has 24 heavy (non-hydrogen) atoms. The average molecular weight is 375 g/mol. The number of halogens is 1. The highest BCUT2D eigenvalue weighted by molar-refractivity contribution is 7.89. The van der Waals surface area contributed by atoms with Gasteiger partial charge in [-0.25, -0.2) is 8.42 Å². The van der Waals surface area contributed by atoms with Crippen molar-refractivity contribution in [1.29, 1.82) is 0 Å². The fourth-order valence-corrected chi connectivity index (χ4v) is 4.09. The van der Waals surface area contributed by atoms with E-state index in [4.69, 9.17) is 16.3 Å². The predicted octanol–water partition coefficient (Wildman–Crippen LogP) is 1.21. The van der Waals surface area contributed by atoms with E-state index in [2.05, 4.69) is 6.58 Å². The minimum absolute atomic E-state index is 0.245. The Balaban J connectivity index is 1.85. The Morgan fingerprint density at radius 1 is 1.25 bits per heavy atom. The van der Waals surface area contributed by atoms with Crippen molar-refractivity contribution in [2.45, 2.75) is 11.0 Å². The summed E-state index contributed by atoms with van der Waals surface area (Å²) in [6, 6.07) is 6.18. The highest BCUT2D eigenvalue weighted by Gasteiger charge is 2.28. The molecular weight excluding hydrogens is 352 g/mol. The normalized spacial score (nSPS) is 18.4. The SMILES string of the molecule is C=CCOCC(O)CN1CCN(S(=O)(=O)c2ccc(Cl)cc2)CC1. The van der Waals surface area contributed by atoms with E-state index < -0.39 is 16.1 Å². The second-order valence-electron chi connectivity index (χ2n) is 5.64. The number of aliphatic hydroxyl groups is 1. The van der Waals surface area contributed by atoms with Crippen LogP contribution in [0, 0.1) is 0 Å². The van der Waals surface area contributed by atoms with Gasteiger partial charge >= 0.3 is 0 Å². The summed E-state index contributed by atoms with van der Waals surface area (Å²) in [7, 11) is -3.50. The van der Waals surface area contributed by atoms with Crippen molar-refractivity contribution >= 4 is 21.6 Å². The number of hydrogen-bond acceptors (Lipinski definition) is 5. The zero-order valence-electron chi connectivity index (χ0n) is 13.5. The van der Waals surface area contributed by atoms with Gasteiger partial charge in [0.2, 0.25) is 10.0 Å². The predicted molar refractivity (Wildman–Crippen MR) is 93.7 cm³/mol. The average Bonchev–Trinajstić information content (AvgIpc) is 2.56. The summed E-state index contributed by atoms with van der Waals surface area (Å²) in [5.74, 6) is 0. The van der Waals surface area contributed by atoms with E-state index in [1.165, 1.54) is 16.4 Å². The molecule has 1 heterocycles. The monoisotopic (exact) mass is 374 g/mol. The molecule has 1 unspecified atom stereocenters. The van der Waals surface area contributed by atoms with Gasteiger partial charge in [0.05, 0.1) is 24.2 Å². The number of ether oxygens (including phenoxy) is 1. The first-order valence-corrected chi connectivity index (χ1v) is 9.60. The van der Waals surface area contributed by atoms with Crippen molar-refractivity contribution in [1.82, 2.24) is 9.21 Å². The van der Waals surface area contributed by atoms with Gasteiger partial charge in [0, 0.05) is 37.7 Å². The maximum atomic E-state index is 12.6. The Morgan fingerprint density at radius 3 is 2.46 bits per heavy atom. The minimum Gasteiger partial charge on any atom is -0.389 e. The van der Waals surface area contributed by atoms with Gasteiger partial charge in [-0.05, 0) is 24.3 Å². The lowest BCUT2D eigenvalue weighted by Crippen LogP contribution is -2.50. The molecule has 1 atom stereocenters. The molecule has 1 fully saturated rings. The molecule has 0 radical (unpaired) electrons. The number of β-amino-alcohol motifs (C(OH)–C–C–N with tert-alkyl or cyclic N) is 1. The fraction of sp³-hybridized carbons (Fsp3) is 0.500. The summed E-state index contributed by atoms with van der Waals surface area (Å²) in [5.41, 5.74) is 0. The number of nitrogens with zero attached hydrogens (tertiary/aromatic N) is 2. The van der Waals surface area contributed by atoms with Gasteiger partial charge in [-0.3, -0.25) is 4.90 Å². The quantitative estimate of drug-likeness (QED) is 0.547. The lowest BCUT2D eigenvalue weighted by molar-refractivity contribution is 0.0203. The maximum absolute atomic E-state index is 12.6. The number of sulfonamides is 1. The third-order valence-corrected chi connectivity index (χ3v) is 5.96. The van der Waals surface area contributed by atoms with Crippen LogP contribution >= 0.6 is 11.6 Å². The van der Waals surface area contributed by atoms with Crippen LogP contribution < -0.4 is 0 Å². The van der Waals surface area contributed by atoms with Crippen molar-refractivity contribution in [2.75, 3.05) is 45.9 Å². The first-order chi connectivity index (χ1) is 11.4. The summed E-state index contributed by atoms with van der Waals surface area (Å²) in [6.45, 7) is 6.60. The number of benzene rings is 1. The zero-order chi connectivity index (χ0) is 17.6. The molecule has 1 aromatic carbocycles. The van der Waals surface area contributed by atoms with E-state index in [9.17, 15) is 13.5 Å². The van der Waals surface area contributed by atoms with E-state index in [-0.39, 0.29) is 11.5 Å². The standard InChI is InChI=1S/C16H23ClN2O4S/c1-2-11-23-13-15(20)12-18-7-9-19(10-8-18)24(21,22)16-5-3-14(17)4-6-16/h2-6,15,20H,1,7-13H2. The summed E-state index contributed by atoms with van der Waals surface area (Å²) in [5, 5.41) is 10.4. The largest absolute Gasteiger partial charge is 0.389 e. The van der Waals surface area contributed by atoms with Crippen molar-refractivity contribution in [3.63, 3.8) is 0 Å². The zero-order valence-corrected chi connectivity index (χ0v) is 15.0. The van der Waals surface area contributed by atoms with Crippen LogP contribution in [-0.2, 0) is 14.8 Å². The lowest BCUT2D eigenvalue weighted by atomic mass is 10.3. The third-order valence-electron chi connectivity index (χ3n) is 3.80. The third kappa shape index (κ3) is 5.27. The molecule has 6 nitrogen and oxygen atoms in total. The molecule has 8 heteroatoms. The smallest absolute Gasteiger partial charge is 0.243 e. The molecule has 0 spiro atoms. The Hall–Kier alpha value is -0.960. The van der Waals surface area contributed by atoms with E-state index in [0.29, 0.717) is 44.4 Å². The molecule has 1 aliphatic rings. The van der Waals surface area contributed by atoms with E-state index in [1.54, 1.807) is 18.2 Å². The topological polar surface area (TPSA) is 70.1 Å². The van der Waals surface area contributed by atoms with Crippen LogP contribution in [0.2, 0.25) is 5.02 Å². The minimum atomic E-state index is -3.50. The molecule has 1 saturated heterocycles. The van der Waals surface area contributed by atoms with Crippen molar-refractivity contribution < 1.29 is 18.3 Å². The molecule has 1 aromatic rings. The Kier molecular flexibility index (Phi) is 7.21. The summed E-state index contributed by atoms with van der Waals surface area (Å²) >= 11 is 5.81. The van der Waals surface area contributed by atoms with Gasteiger partial charge in [-0.15, -0.1) is 6.58 Å². The number of aliphatic hydroxyl groups excluding tert-OH is 1. The van der Waals surface area contributed by atoms with Crippen molar-refractivity contribution in [3.8, 4) is 0 Å². The van der Waals surface area contributed by atoms with Gasteiger partial charge in [-0.2, -0.15) is 4.31 Å². The number of rotatable bonds is 8. The Morgan fingerprint density at radius 2 is 1.88 bits per heavy atom. The van der Waals surface area contributed by atoms with Crippen LogP contribution in [0.25, 0.3) is 0 Å². The molecule has 2 rings (SSSR count). The van der Waals surface area contributed by atoms with Gasteiger partial charge in [0.1, 0.15) is 0 Å². The van der Waals surface area contributed by atoms with Crippen LogP contribution in [0.15, 0.2) is 41.8 Å². The molecule has 1 N–H and O–H groups in total. The van der Waals surface area contributed by atoms with Gasteiger partial charge < -0.3 is 9.84 Å². The summed E-state index contributed by atoms with van der Waals surface area (Å²) in [4.78, 5) is 2.29. The Bertz CT molecular complexity index is 628. The van der Waals surface area contributed by atoms with Crippen LogP contribution in [-0.4, -0.2) is 74.8 Å². The van der Waals surface area contributed by atoms with Crippen LogP contribution in [0.1, 0.15) is 0 Å². The molecule has 1 aliphatic heterocycles. The van der Waals surface area contributed by atoms with Crippen LogP contribution in [0.3, 0.4) is 0 Å². The van der Waals surface area contributed by atoms with Crippen LogP contribution in [0.5, 0.6) is 0 Å². The molecule has 0 saturated carbocycles. The van der Waals surface area contributed by atoms with Gasteiger partial charge in [-0.1, -0.05) is 17.7 Å². The van der Waals surface area contributed by atoms with E-state index in [0.717, 1.165) is 0 Å². The first kappa shape index (κ1) is 19.4. The van der Waals surface area contributed by atoms with Crippen molar-refractivity contribution in [2.24, 2.45) is 0 Å². The number of hydrogen-bond donors (Lipinski definition) is 1. The second-order valence-corrected chi connectivity index (χ2v) is 8.01. The lowest BCUT2D eigenvalue weighted by Gasteiger charge is -2.34. The second kappa shape index (κ2) is 8.94. The van der Waals surface area contributed by atoms with Gasteiger partial charge in [0.25, 0.3) is 0 Å².